The quantitative estimate of drug-likeness (QED) is 0.687. The minimum atomic E-state index is -1.26. The van der Waals surface area contributed by atoms with Crippen LogP contribution in [0.15, 0.2) is 12.2 Å². The van der Waals surface area contributed by atoms with Gasteiger partial charge in [-0.2, -0.15) is 0 Å². The van der Waals surface area contributed by atoms with Gasteiger partial charge in [0.1, 0.15) is 0 Å². The van der Waals surface area contributed by atoms with Gasteiger partial charge in [0.05, 0.1) is 0 Å². The summed E-state index contributed by atoms with van der Waals surface area (Å²) in [5.74, 6) is -2.51. The number of hydrogen-bond acceptors (Lipinski definition) is 2. The normalized spacial score (nSPS) is 8.44. The summed E-state index contributed by atoms with van der Waals surface area (Å²) in [5, 5.41) is 15.6. The van der Waals surface area contributed by atoms with Crippen molar-refractivity contribution in [3.05, 3.63) is 12.2 Å². The molecule has 0 fully saturated rings. The number of rotatable bonds is 2. The largest absolute Gasteiger partial charge is 0.478 e. The van der Waals surface area contributed by atoms with Crippen molar-refractivity contribution in [3.63, 3.8) is 0 Å². The Balaban J connectivity index is 0. The Morgan fingerprint density at radius 1 is 1.00 bits per heavy atom. The molecule has 0 spiro atoms. The number of carboxylic acid groups (broad SMARTS) is 2. The van der Waals surface area contributed by atoms with E-state index in [-0.39, 0.29) is 22.4 Å². The van der Waals surface area contributed by atoms with Crippen LogP contribution in [-0.4, -0.2) is 22.2 Å². The van der Waals surface area contributed by atoms with Gasteiger partial charge in [-0.3, -0.25) is 0 Å². The molecule has 0 saturated heterocycles. The van der Waals surface area contributed by atoms with Crippen molar-refractivity contribution in [3.8, 4) is 0 Å². The summed E-state index contributed by atoms with van der Waals surface area (Å²) in [6, 6.07) is 0. The van der Waals surface area contributed by atoms with E-state index in [2.05, 4.69) is 0 Å². The third kappa shape index (κ3) is 11.2. The van der Waals surface area contributed by atoms with Crippen LogP contribution in [-0.2, 0) is 32.0 Å². The van der Waals surface area contributed by atoms with E-state index in [0.717, 1.165) is 0 Å². The zero-order valence-electron chi connectivity index (χ0n) is 4.31. The molecule has 0 atom stereocenters. The average Bonchev–Trinajstić information content (AvgIpc) is 1.61. The molecule has 0 saturated carbocycles. The average molecular weight is 297 g/mol. The molecule has 0 rings (SSSR count). The van der Waals surface area contributed by atoms with Crippen molar-refractivity contribution < 1.29 is 42.2 Å². The van der Waals surface area contributed by atoms with Gasteiger partial charge in [0.15, 0.2) is 0 Å². The van der Waals surface area contributed by atoms with Crippen molar-refractivity contribution in [2.24, 2.45) is 0 Å². The Hall–Kier alpha value is -0.580. The molecule has 0 heterocycles. The molecule has 4 nitrogen and oxygen atoms in total. The second-order valence-electron chi connectivity index (χ2n) is 1.01. The molecule has 0 bridgehead atoms. The molecule has 0 aromatic rings. The topological polar surface area (TPSA) is 74.6 Å². The molecule has 0 amide bonds. The summed E-state index contributed by atoms with van der Waals surface area (Å²) in [4.78, 5) is 19.1. The minimum Gasteiger partial charge on any atom is -0.478 e. The van der Waals surface area contributed by atoms with Gasteiger partial charge >= 0.3 is 11.9 Å². The Bertz CT molecular complexity index is 124. The fourth-order valence-electron chi connectivity index (χ4n) is 0.143. The molecule has 0 aromatic carbocycles. The zero-order valence-corrected chi connectivity index (χ0v) is 7.53. The first-order chi connectivity index (χ1) is 3.63. The molecule has 0 aliphatic carbocycles. The predicted molar refractivity (Wildman–Crippen MR) is 24.4 cm³/mol. The van der Waals surface area contributed by atoms with Crippen molar-refractivity contribution in [2.75, 3.05) is 0 Å². The maximum absolute atomic E-state index is 9.55. The molecule has 0 unspecified atom stereocenters. The van der Waals surface area contributed by atoms with Crippen LogP contribution in [0, 0.1) is 0 Å². The van der Waals surface area contributed by atoms with E-state index in [1.54, 1.807) is 0 Å². The van der Waals surface area contributed by atoms with E-state index >= 15 is 0 Å². The van der Waals surface area contributed by atoms with Gasteiger partial charge in [-0.15, -0.1) is 0 Å². The SMILES string of the molecule is O=C(O)C=CC(=O)O.[Ta]. The standard InChI is InChI=1S/C4H4O4.Ta/c5-3(6)1-2-4(7)8;/h1-2H,(H,5,6)(H,7,8);. The molecule has 0 aromatic heterocycles. The van der Waals surface area contributed by atoms with Crippen molar-refractivity contribution in [1.82, 2.24) is 0 Å². The zero-order chi connectivity index (χ0) is 6.57. The van der Waals surface area contributed by atoms with E-state index in [0.29, 0.717) is 12.2 Å². The van der Waals surface area contributed by atoms with E-state index in [4.69, 9.17) is 10.2 Å². The van der Waals surface area contributed by atoms with Crippen LogP contribution < -0.4 is 0 Å². The fraction of sp³-hybridized carbons (Fsp3) is 0. The van der Waals surface area contributed by atoms with Gasteiger partial charge in [0, 0.05) is 34.5 Å². The molecule has 49 valence electrons. The summed E-state index contributed by atoms with van der Waals surface area (Å²) in [6.45, 7) is 0. The molecular weight excluding hydrogens is 293 g/mol. The first kappa shape index (κ1) is 11.2. The maximum atomic E-state index is 9.55. The number of carbonyl (C=O) groups is 2. The van der Waals surface area contributed by atoms with E-state index in [1.807, 2.05) is 0 Å². The first-order valence-electron chi connectivity index (χ1n) is 1.77. The Morgan fingerprint density at radius 2 is 1.22 bits per heavy atom. The van der Waals surface area contributed by atoms with Gasteiger partial charge in [-0.1, -0.05) is 0 Å². The smallest absolute Gasteiger partial charge is 0.328 e. The monoisotopic (exact) mass is 297 g/mol. The summed E-state index contributed by atoms with van der Waals surface area (Å²) in [7, 11) is 0. The second-order valence-corrected chi connectivity index (χ2v) is 1.01. The van der Waals surface area contributed by atoms with Crippen LogP contribution in [0.1, 0.15) is 0 Å². The third-order valence-corrected chi connectivity index (χ3v) is 0.368. The van der Waals surface area contributed by atoms with E-state index < -0.39 is 11.9 Å². The Kier molecular flexibility index (Phi) is 6.94. The van der Waals surface area contributed by atoms with Gasteiger partial charge in [0.25, 0.3) is 0 Å². The fourth-order valence-corrected chi connectivity index (χ4v) is 0.143. The van der Waals surface area contributed by atoms with Gasteiger partial charge < -0.3 is 10.2 Å². The number of hydrogen-bond donors (Lipinski definition) is 2. The first-order valence-corrected chi connectivity index (χ1v) is 1.77. The third-order valence-electron chi connectivity index (χ3n) is 0.368. The molecule has 0 aliphatic rings. The summed E-state index contributed by atoms with van der Waals surface area (Å²) in [6.07, 6.45) is 1.12. The van der Waals surface area contributed by atoms with Crippen LogP contribution in [0.5, 0.6) is 0 Å². The molecule has 2 N–H and O–H groups in total. The molecular formula is C4H4O4Ta. The molecule has 0 aliphatic heterocycles. The van der Waals surface area contributed by atoms with E-state index in [9.17, 15) is 9.59 Å². The molecule has 5 heteroatoms. The summed E-state index contributed by atoms with van der Waals surface area (Å²) < 4.78 is 0. The van der Waals surface area contributed by atoms with Crippen LogP contribution in [0.3, 0.4) is 0 Å². The summed E-state index contributed by atoms with van der Waals surface area (Å²) >= 11 is 0. The Morgan fingerprint density at radius 3 is 1.33 bits per heavy atom. The van der Waals surface area contributed by atoms with Gasteiger partial charge in [-0.05, 0) is 0 Å². The Labute approximate surface area is 66.7 Å². The summed E-state index contributed by atoms with van der Waals surface area (Å²) in [5.41, 5.74) is 0. The number of carboxylic acids is 2. The second kappa shape index (κ2) is 5.56. The molecule has 1 radical (unpaired) electrons. The number of aliphatic carboxylic acids is 2. The van der Waals surface area contributed by atoms with Crippen LogP contribution in [0.2, 0.25) is 0 Å². The van der Waals surface area contributed by atoms with Crippen molar-refractivity contribution in [1.29, 1.82) is 0 Å². The van der Waals surface area contributed by atoms with Gasteiger partial charge in [0.2, 0.25) is 0 Å². The molecule has 9 heavy (non-hydrogen) atoms. The van der Waals surface area contributed by atoms with Crippen LogP contribution in [0.4, 0.5) is 0 Å². The van der Waals surface area contributed by atoms with Crippen molar-refractivity contribution in [2.45, 2.75) is 0 Å². The predicted octanol–water partition coefficient (Wildman–Crippen LogP) is -0.291. The maximum Gasteiger partial charge on any atom is 0.328 e. The van der Waals surface area contributed by atoms with Crippen molar-refractivity contribution >= 4 is 11.9 Å². The minimum absolute atomic E-state index is 0. The van der Waals surface area contributed by atoms with Crippen LogP contribution in [0.25, 0.3) is 0 Å². The van der Waals surface area contributed by atoms with E-state index in [1.165, 1.54) is 0 Å². The van der Waals surface area contributed by atoms with Gasteiger partial charge in [-0.25, -0.2) is 9.59 Å². The van der Waals surface area contributed by atoms with Crippen LogP contribution >= 0.6 is 0 Å².